The molecule has 20 heavy (non-hydrogen) atoms. The molecule has 114 valence electrons. The molecular formula is C13H19BrF3NOSi. The summed E-state index contributed by atoms with van der Waals surface area (Å²) < 4.78 is 46.0. The van der Waals surface area contributed by atoms with Crippen LogP contribution in [0.4, 0.5) is 13.2 Å². The molecule has 1 heterocycles. The van der Waals surface area contributed by atoms with Crippen LogP contribution in [-0.2, 0) is 4.43 Å². The Labute approximate surface area is 127 Å². The van der Waals surface area contributed by atoms with E-state index in [4.69, 9.17) is 4.43 Å². The van der Waals surface area contributed by atoms with E-state index >= 15 is 0 Å². The van der Waals surface area contributed by atoms with Gasteiger partial charge in [0.15, 0.2) is 14.4 Å². The number of hydrogen-bond donors (Lipinski definition) is 0. The Morgan fingerprint density at radius 2 is 1.75 bits per heavy atom. The molecule has 0 aliphatic heterocycles. The minimum Gasteiger partial charge on any atom is -0.402 e. The first-order valence-electron chi connectivity index (χ1n) is 6.19. The maximum absolute atomic E-state index is 13.3. The van der Waals surface area contributed by atoms with Crippen molar-refractivity contribution in [2.24, 2.45) is 0 Å². The van der Waals surface area contributed by atoms with Crippen molar-refractivity contribution in [3.05, 3.63) is 28.5 Å². The van der Waals surface area contributed by atoms with E-state index in [9.17, 15) is 13.2 Å². The SMILES string of the molecule is CC(C)(C)[Si](C)(C)OC(c1cncc(Br)c1)C(F)(F)F. The first-order chi connectivity index (χ1) is 8.84. The summed E-state index contributed by atoms with van der Waals surface area (Å²) in [5, 5.41) is -0.296. The topological polar surface area (TPSA) is 22.1 Å². The maximum Gasteiger partial charge on any atom is 0.417 e. The van der Waals surface area contributed by atoms with Crippen molar-refractivity contribution in [1.29, 1.82) is 0 Å². The van der Waals surface area contributed by atoms with E-state index in [1.54, 1.807) is 13.1 Å². The summed E-state index contributed by atoms with van der Waals surface area (Å²) >= 11 is 3.14. The van der Waals surface area contributed by atoms with E-state index in [-0.39, 0.29) is 10.6 Å². The molecule has 0 fully saturated rings. The van der Waals surface area contributed by atoms with Crippen LogP contribution in [0.3, 0.4) is 0 Å². The molecule has 7 heteroatoms. The van der Waals surface area contributed by atoms with Gasteiger partial charge in [0.2, 0.25) is 0 Å². The first kappa shape index (κ1) is 17.6. The molecule has 0 N–H and O–H groups in total. The highest BCUT2D eigenvalue weighted by molar-refractivity contribution is 9.10. The molecular weight excluding hydrogens is 351 g/mol. The molecule has 0 aliphatic rings. The molecule has 1 atom stereocenters. The van der Waals surface area contributed by atoms with Crippen molar-refractivity contribution in [3.8, 4) is 0 Å². The Kier molecular flexibility index (Phi) is 5.09. The Morgan fingerprint density at radius 3 is 2.15 bits per heavy atom. The van der Waals surface area contributed by atoms with Gasteiger partial charge in [-0.05, 0) is 40.1 Å². The van der Waals surface area contributed by atoms with Gasteiger partial charge in [0.05, 0.1) is 0 Å². The second-order valence-corrected chi connectivity index (χ2v) is 11.9. The largest absolute Gasteiger partial charge is 0.417 e. The van der Waals surface area contributed by atoms with Crippen molar-refractivity contribution < 1.29 is 17.6 Å². The van der Waals surface area contributed by atoms with Crippen LogP contribution < -0.4 is 0 Å². The zero-order valence-corrected chi connectivity index (χ0v) is 14.8. The lowest BCUT2D eigenvalue weighted by Crippen LogP contribution is -2.44. The van der Waals surface area contributed by atoms with Crippen LogP contribution in [0, 0.1) is 0 Å². The molecule has 0 aromatic carbocycles. The number of rotatable bonds is 3. The molecule has 0 bridgehead atoms. The van der Waals surface area contributed by atoms with Gasteiger partial charge < -0.3 is 4.43 Å². The van der Waals surface area contributed by atoms with Crippen molar-refractivity contribution >= 4 is 24.2 Å². The van der Waals surface area contributed by atoms with Gasteiger partial charge >= 0.3 is 6.18 Å². The van der Waals surface area contributed by atoms with E-state index in [1.165, 1.54) is 18.5 Å². The van der Waals surface area contributed by atoms with Crippen LogP contribution in [0.1, 0.15) is 32.4 Å². The van der Waals surface area contributed by atoms with Gasteiger partial charge in [-0.1, -0.05) is 20.8 Å². The van der Waals surface area contributed by atoms with E-state index in [2.05, 4.69) is 20.9 Å². The normalized spacial score (nSPS) is 15.2. The van der Waals surface area contributed by atoms with Gasteiger partial charge in [-0.2, -0.15) is 13.2 Å². The summed E-state index contributed by atoms with van der Waals surface area (Å²) in [4.78, 5) is 3.80. The number of halogens is 4. The fourth-order valence-corrected chi connectivity index (χ4v) is 2.96. The van der Waals surface area contributed by atoms with Crippen molar-refractivity contribution in [1.82, 2.24) is 4.98 Å². The highest BCUT2D eigenvalue weighted by atomic mass is 79.9. The van der Waals surface area contributed by atoms with Crippen LogP contribution in [0.15, 0.2) is 22.9 Å². The Morgan fingerprint density at radius 1 is 1.20 bits per heavy atom. The number of aromatic nitrogens is 1. The summed E-state index contributed by atoms with van der Waals surface area (Å²) in [7, 11) is -2.54. The first-order valence-corrected chi connectivity index (χ1v) is 9.90. The van der Waals surface area contributed by atoms with E-state index in [0.29, 0.717) is 4.47 Å². The molecule has 0 saturated heterocycles. The molecule has 1 aromatic heterocycles. The molecule has 0 spiro atoms. The fourth-order valence-electron chi connectivity index (χ4n) is 1.37. The van der Waals surface area contributed by atoms with Crippen molar-refractivity contribution in [2.75, 3.05) is 0 Å². The third-order valence-corrected chi connectivity index (χ3v) is 8.42. The minimum atomic E-state index is -4.46. The molecule has 0 aliphatic carbocycles. The van der Waals surface area contributed by atoms with Gasteiger partial charge in [-0.15, -0.1) is 0 Å². The van der Waals surface area contributed by atoms with Gasteiger partial charge in [-0.3, -0.25) is 4.98 Å². The zero-order valence-electron chi connectivity index (χ0n) is 12.2. The average molecular weight is 370 g/mol. The Bertz CT molecular complexity index is 471. The lowest BCUT2D eigenvalue weighted by atomic mass is 10.1. The second kappa shape index (κ2) is 5.77. The number of alkyl halides is 3. The summed E-state index contributed by atoms with van der Waals surface area (Å²) in [5.74, 6) is 0. The quantitative estimate of drug-likeness (QED) is 0.659. The predicted molar refractivity (Wildman–Crippen MR) is 79.0 cm³/mol. The molecule has 1 rings (SSSR count). The molecule has 0 amide bonds. The molecule has 0 saturated carbocycles. The predicted octanol–water partition coefficient (Wildman–Crippen LogP) is 5.47. The van der Waals surface area contributed by atoms with E-state index in [0.717, 1.165) is 0 Å². The van der Waals surface area contributed by atoms with Crippen molar-refractivity contribution in [2.45, 2.75) is 51.2 Å². The standard InChI is InChI=1S/C13H19BrF3NOSi/c1-12(2,3)20(4,5)19-11(13(15,16)17)9-6-10(14)8-18-7-9/h6-8,11H,1-5H3. The van der Waals surface area contributed by atoms with Gasteiger partial charge in [0.25, 0.3) is 0 Å². The smallest absolute Gasteiger partial charge is 0.402 e. The maximum atomic E-state index is 13.3. The average Bonchev–Trinajstić information content (AvgIpc) is 2.22. The van der Waals surface area contributed by atoms with Crippen LogP contribution >= 0.6 is 15.9 Å². The fraction of sp³-hybridized carbons (Fsp3) is 0.615. The summed E-state index contributed by atoms with van der Waals surface area (Å²) in [6, 6.07) is 1.40. The summed E-state index contributed by atoms with van der Waals surface area (Å²) in [5.41, 5.74) is 0.0247. The summed E-state index contributed by atoms with van der Waals surface area (Å²) in [6.45, 7) is 9.33. The highest BCUT2D eigenvalue weighted by Crippen LogP contribution is 2.44. The zero-order chi connectivity index (χ0) is 15.8. The lowest BCUT2D eigenvalue weighted by Gasteiger charge is -2.39. The lowest BCUT2D eigenvalue weighted by molar-refractivity contribution is -0.201. The molecule has 1 unspecified atom stereocenters. The monoisotopic (exact) mass is 369 g/mol. The minimum absolute atomic E-state index is 0.0247. The third-order valence-electron chi connectivity index (χ3n) is 3.54. The Hall–Kier alpha value is -0.403. The van der Waals surface area contributed by atoms with E-state index < -0.39 is 20.6 Å². The second-order valence-electron chi connectivity index (χ2n) is 6.24. The highest BCUT2D eigenvalue weighted by Gasteiger charge is 2.48. The number of hydrogen-bond acceptors (Lipinski definition) is 2. The molecule has 0 radical (unpaired) electrons. The van der Waals surface area contributed by atoms with Gasteiger partial charge in [-0.25, -0.2) is 0 Å². The summed E-state index contributed by atoms with van der Waals surface area (Å²) in [6.07, 6.45) is -3.74. The third kappa shape index (κ3) is 4.29. The number of pyridine rings is 1. The van der Waals surface area contributed by atoms with Crippen molar-refractivity contribution in [3.63, 3.8) is 0 Å². The Balaban J connectivity index is 3.17. The number of nitrogens with zero attached hydrogens (tertiary/aromatic N) is 1. The van der Waals surface area contributed by atoms with Crippen LogP contribution in [0.25, 0.3) is 0 Å². The van der Waals surface area contributed by atoms with Gasteiger partial charge in [0.1, 0.15) is 0 Å². The van der Waals surface area contributed by atoms with E-state index in [1.807, 2.05) is 20.8 Å². The molecule has 2 nitrogen and oxygen atoms in total. The van der Waals surface area contributed by atoms with Crippen LogP contribution in [0.5, 0.6) is 0 Å². The molecule has 1 aromatic rings. The van der Waals surface area contributed by atoms with Crippen LogP contribution in [-0.4, -0.2) is 19.5 Å². The van der Waals surface area contributed by atoms with Gasteiger partial charge in [0, 0.05) is 22.4 Å². The van der Waals surface area contributed by atoms with Crippen LogP contribution in [0.2, 0.25) is 18.1 Å².